The summed E-state index contributed by atoms with van der Waals surface area (Å²) in [5, 5.41) is 3.34. The highest BCUT2D eigenvalue weighted by Crippen LogP contribution is 2.33. The van der Waals surface area contributed by atoms with Crippen molar-refractivity contribution in [1.82, 2.24) is 5.32 Å². The van der Waals surface area contributed by atoms with Crippen LogP contribution in [0, 0.1) is 5.41 Å². The highest BCUT2D eigenvalue weighted by atomic mass is 16.5. The van der Waals surface area contributed by atoms with Crippen LogP contribution in [0.5, 0.6) is 0 Å². The first-order valence-electron chi connectivity index (χ1n) is 5.67. The van der Waals surface area contributed by atoms with E-state index in [-0.39, 0.29) is 5.41 Å². The highest BCUT2D eigenvalue weighted by Gasteiger charge is 2.27. The summed E-state index contributed by atoms with van der Waals surface area (Å²) in [6, 6.07) is 0. The Morgan fingerprint density at radius 1 is 1.27 bits per heavy atom. The second kappa shape index (κ2) is 5.47. The van der Waals surface area contributed by atoms with Crippen molar-refractivity contribution in [3.63, 3.8) is 0 Å². The zero-order valence-electron chi connectivity index (χ0n) is 10.1. The van der Waals surface area contributed by atoms with E-state index in [1.54, 1.807) is 0 Å². The number of nitrogens with one attached hydrogen (secondary N) is 1. The molecule has 1 N–H and O–H groups in total. The van der Waals surface area contributed by atoms with Gasteiger partial charge in [-0.05, 0) is 25.2 Å². The van der Waals surface area contributed by atoms with Crippen molar-refractivity contribution >= 4 is 0 Å². The van der Waals surface area contributed by atoms with Crippen LogP contribution in [-0.4, -0.2) is 26.3 Å². The SMILES string of the molecule is C=C1CNCC(=C)CC(C)(COCC)C1. The number of ether oxygens (including phenoxy) is 1. The fourth-order valence-electron chi connectivity index (χ4n) is 2.26. The Bertz CT molecular complexity index is 227. The van der Waals surface area contributed by atoms with E-state index in [4.69, 9.17) is 4.74 Å². The van der Waals surface area contributed by atoms with E-state index < -0.39 is 0 Å². The quantitative estimate of drug-likeness (QED) is 0.721. The standard InChI is InChI=1S/C13H23NO/c1-5-15-10-13(4)6-11(2)8-14-9-12(3)7-13/h14H,2-3,5-10H2,1,4H3. The maximum Gasteiger partial charge on any atom is 0.0525 e. The van der Waals surface area contributed by atoms with Crippen LogP contribution in [0.2, 0.25) is 0 Å². The molecule has 86 valence electrons. The molecule has 1 rings (SSSR count). The van der Waals surface area contributed by atoms with Crippen LogP contribution in [0.25, 0.3) is 0 Å². The Labute approximate surface area is 93.4 Å². The molecule has 1 aliphatic heterocycles. The van der Waals surface area contributed by atoms with Crippen LogP contribution in [-0.2, 0) is 4.74 Å². The van der Waals surface area contributed by atoms with Gasteiger partial charge in [-0.15, -0.1) is 0 Å². The Morgan fingerprint density at radius 2 is 1.80 bits per heavy atom. The van der Waals surface area contributed by atoms with Crippen LogP contribution in [0.15, 0.2) is 24.3 Å². The van der Waals surface area contributed by atoms with E-state index in [9.17, 15) is 0 Å². The van der Waals surface area contributed by atoms with E-state index >= 15 is 0 Å². The summed E-state index contributed by atoms with van der Waals surface area (Å²) in [4.78, 5) is 0. The summed E-state index contributed by atoms with van der Waals surface area (Å²) in [5.41, 5.74) is 2.72. The first kappa shape index (κ1) is 12.5. The molecule has 0 saturated carbocycles. The molecular weight excluding hydrogens is 186 g/mol. The van der Waals surface area contributed by atoms with Gasteiger partial charge in [0.1, 0.15) is 0 Å². The lowest BCUT2D eigenvalue weighted by atomic mass is 9.78. The van der Waals surface area contributed by atoms with Crippen LogP contribution < -0.4 is 5.32 Å². The minimum absolute atomic E-state index is 0.187. The van der Waals surface area contributed by atoms with Gasteiger partial charge in [0.2, 0.25) is 0 Å². The molecule has 0 bridgehead atoms. The topological polar surface area (TPSA) is 21.3 Å². The molecule has 1 heterocycles. The second-order valence-corrected chi connectivity index (χ2v) is 4.90. The number of hydrogen-bond acceptors (Lipinski definition) is 2. The molecule has 15 heavy (non-hydrogen) atoms. The Hall–Kier alpha value is -0.600. The number of rotatable bonds is 3. The third-order valence-corrected chi connectivity index (χ3v) is 2.76. The van der Waals surface area contributed by atoms with Crippen molar-refractivity contribution in [1.29, 1.82) is 0 Å². The Kier molecular flexibility index (Phi) is 4.55. The predicted molar refractivity (Wildman–Crippen MR) is 65.0 cm³/mol. The van der Waals surface area contributed by atoms with Crippen molar-refractivity contribution in [3.05, 3.63) is 24.3 Å². The lowest BCUT2D eigenvalue weighted by molar-refractivity contribution is 0.0594. The molecule has 0 aromatic heterocycles. The van der Waals surface area contributed by atoms with Crippen LogP contribution in [0.3, 0.4) is 0 Å². The van der Waals surface area contributed by atoms with Gasteiger partial charge in [0.15, 0.2) is 0 Å². The van der Waals surface area contributed by atoms with Crippen molar-refractivity contribution < 1.29 is 4.74 Å². The molecule has 1 saturated heterocycles. The van der Waals surface area contributed by atoms with Crippen molar-refractivity contribution in [3.8, 4) is 0 Å². The third-order valence-electron chi connectivity index (χ3n) is 2.76. The summed E-state index contributed by atoms with van der Waals surface area (Å²) in [7, 11) is 0. The van der Waals surface area contributed by atoms with Gasteiger partial charge in [-0.1, -0.05) is 31.2 Å². The van der Waals surface area contributed by atoms with Gasteiger partial charge in [0.05, 0.1) is 6.61 Å². The summed E-state index contributed by atoms with van der Waals surface area (Å²) in [6.45, 7) is 15.9. The molecule has 1 fully saturated rings. The minimum atomic E-state index is 0.187. The zero-order chi connectivity index (χ0) is 11.3. The molecule has 0 amide bonds. The molecule has 2 nitrogen and oxygen atoms in total. The van der Waals surface area contributed by atoms with Gasteiger partial charge >= 0.3 is 0 Å². The molecule has 0 aromatic rings. The van der Waals surface area contributed by atoms with Gasteiger partial charge in [-0.2, -0.15) is 0 Å². The third kappa shape index (κ3) is 4.18. The summed E-state index contributed by atoms with van der Waals surface area (Å²) < 4.78 is 5.57. The summed E-state index contributed by atoms with van der Waals surface area (Å²) >= 11 is 0. The summed E-state index contributed by atoms with van der Waals surface area (Å²) in [6.07, 6.45) is 2.05. The van der Waals surface area contributed by atoms with Gasteiger partial charge in [0, 0.05) is 19.7 Å². The zero-order valence-corrected chi connectivity index (χ0v) is 10.1. The Balaban J connectivity index is 2.63. The molecular formula is C13H23NO. The van der Waals surface area contributed by atoms with Gasteiger partial charge < -0.3 is 10.1 Å². The number of hydrogen-bond donors (Lipinski definition) is 1. The monoisotopic (exact) mass is 209 g/mol. The lowest BCUT2D eigenvalue weighted by Gasteiger charge is -2.33. The van der Waals surface area contributed by atoms with Crippen LogP contribution in [0.4, 0.5) is 0 Å². The normalized spacial score (nSPS) is 22.3. The highest BCUT2D eigenvalue weighted by molar-refractivity contribution is 5.11. The van der Waals surface area contributed by atoms with E-state index in [1.807, 2.05) is 6.92 Å². The first-order chi connectivity index (χ1) is 7.06. The minimum Gasteiger partial charge on any atom is -0.381 e. The van der Waals surface area contributed by atoms with Gasteiger partial charge in [-0.3, -0.25) is 0 Å². The average Bonchev–Trinajstić information content (AvgIpc) is 2.12. The van der Waals surface area contributed by atoms with Crippen molar-refractivity contribution in [2.24, 2.45) is 5.41 Å². The van der Waals surface area contributed by atoms with Crippen LogP contribution >= 0.6 is 0 Å². The molecule has 0 aromatic carbocycles. The van der Waals surface area contributed by atoms with E-state index in [0.717, 1.165) is 39.1 Å². The maximum atomic E-state index is 5.57. The molecule has 0 radical (unpaired) electrons. The largest absolute Gasteiger partial charge is 0.381 e. The first-order valence-corrected chi connectivity index (χ1v) is 5.67. The van der Waals surface area contributed by atoms with E-state index in [2.05, 4.69) is 25.4 Å². The maximum absolute atomic E-state index is 5.57. The summed E-state index contributed by atoms with van der Waals surface area (Å²) in [5.74, 6) is 0. The van der Waals surface area contributed by atoms with Crippen molar-refractivity contribution in [2.75, 3.05) is 26.3 Å². The molecule has 0 unspecified atom stereocenters. The molecule has 0 spiro atoms. The predicted octanol–water partition coefficient (Wildman–Crippen LogP) is 2.53. The van der Waals surface area contributed by atoms with Gasteiger partial charge in [0.25, 0.3) is 0 Å². The van der Waals surface area contributed by atoms with Crippen molar-refractivity contribution in [2.45, 2.75) is 26.7 Å². The molecule has 0 aliphatic carbocycles. The average molecular weight is 209 g/mol. The van der Waals surface area contributed by atoms with E-state index in [0.29, 0.717) is 0 Å². The van der Waals surface area contributed by atoms with E-state index in [1.165, 1.54) is 11.1 Å². The Morgan fingerprint density at radius 3 is 2.27 bits per heavy atom. The lowest BCUT2D eigenvalue weighted by Crippen LogP contribution is -2.32. The second-order valence-electron chi connectivity index (χ2n) is 4.90. The molecule has 0 atom stereocenters. The van der Waals surface area contributed by atoms with Crippen LogP contribution in [0.1, 0.15) is 26.7 Å². The molecule has 2 heteroatoms. The van der Waals surface area contributed by atoms with Gasteiger partial charge in [-0.25, -0.2) is 0 Å². The smallest absolute Gasteiger partial charge is 0.0525 e. The molecule has 1 aliphatic rings. The fourth-order valence-corrected chi connectivity index (χ4v) is 2.26. The fraction of sp³-hybridized carbons (Fsp3) is 0.692.